The molecule has 0 aliphatic rings. The molecule has 4 heterocycles. The van der Waals surface area contributed by atoms with Crippen LogP contribution in [0.3, 0.4) is 0 Å². The van der Waals surface area contributed by atoms with Gasteiger partial charge >= 0.3 is 0 Å². The largest absolute Gasteiger partial charge is 0.339 e. The highest BCUT2D eigenvalue weighted by atomic mass is 32.1. The van der Waals surface area contributed by atoms with Gasteiger partial charge in [0.05, 0.1) is 32.2 Å². The maximum Gasteiger partial charge on any atom is 0.130 e. The van der Waals surface area contributed by atoms with Crippen LogP contribution in [0, 0.1) is 22.7 Å². The highest BCUT2D eigenvalue weighted by Gasteiger charge is 2.19. The molecule has 0 atom stereocenters. The monoisotopic (exact) mass is 473 g/mol. The Labute approximate surface area is 197 Å². The fraction of sp³-hybridized carbons (Fsp3) is 0.250. The van der Waals surface area contributed by atoms with E-state index in [0.717, 1.165) is 40.4 Å². The van der Waals surface area contributed by atoms with E-state index in [1.165, 1.54) is 51.0 Å². The predicted molar refractivity (Wildman–Crippen MR) is 135 cm³/mol. The summed E-state index contributed by atoms with van der Waals surface area (Å²) in [5.41, 5.74) is 6.03. The third-order valence-corrected chi connectivity index (χ3v) is 8.39. The van der Waals surface area contributed by atoms with Gasteiger partial charge in [-0.2, -0.15) is 19.3 Å². The van der Waals surface area contributed by atoms with Crippen molar-refractivity contribution in [2.24, 2.45) is 0 Å². The summed E-state index contributed by atoms with van der Waals surface area (Å²) in [6, 6.07) is 12.3. The number of allylic oxidation sites excluding steroid dienone is 1. The summed E-state index contributed by atoms with van der Waals surface area (Å²) in [5, 5.41) is 20.4. The summed E-state index contributed by atoms with van der Waals surface area (Å²) >= 11 is 4.76. The quantitative estimate of drug-likeness (QED) is 0.180. The number of hydrogen-bond donors (Lipinski definition) is 0. The Kier molecular flexibility index (Phi) is 5.75. The average molecular weight is 474 g/mol. The van der Waals surface area contributed by atoms with Crippen LogP contribution in [0.4, 0.5) is 0 Å². The highest BCUT2D eigenvalue weighted by molar-refractivity contribution is 7.28. The van der Waals surface area contributed by atoms with E-state index < -0.39 is 0 Å². The summed E-state index contributed by atoms with van der Waals surface area (Å²) < 4.78 is 14.2. The summed E-state index contributed by atoms with van der Waals surface area (Å²) in [4.78, 5) is 1.17. The highest BCUT2D eigenvalue weighted by Crippen LogP contribution is 2.43. The molecule has 0 N–H and O–H groups in total. The Balaban J connectivity index is 1.61. The molecule has 32 heavy (non-hydrogen) atoms. The van der Waals surface area contributed by atoms with Crippen LogP contribution in [0.15, 0.2) is 35.2 Å². The number of aromatic nitrogens is 3. The average Bonchev–Trinajstić information content (AvgIpc) is 3.58. The van der Waals surface area contributed by atoms with Gasteiger partial charge in [0.1, 0.15) is 28.7 Å². The Morgan fingerprint density at radius 1 is 1.03 bits per heavy atom. The van der Waals surface area contributed by atoms with Crippen molar-refractivity contribution in [1.82, 2.24) is 13.3 Å². The van der Waals surface area contributed by atoms with E-state index in [-0.39, 0.29) is 5.57 Å². The van der Waals surface area contributed by atoms with Gasteiger partial charge in [-0.25, -0.2) is 0 Å². The summed E-state index contributed by atoms with van der Waals surface area (Å²) in [5.74, 6) is 0. The van der Waals surface area contributed by atoms with Crippen molar-refractivity contribution in [2.75, 3.05) is 0 Å². The fourth-order valence-corrected chi connectivity index (χ4v) is 6.91. The molecular formula is C24H19N5S3. The molecule has 0 amide bonds. The molecule has 0 unspecified atom stereocenters. The first-order valence-electron chi connectivity index (χ1n) is 10.5. The van der Waals surface area contributed by atoms with Crippen LogP contribution in [-0.4, -0.2) is 13.3 Å². The van der Waals surface area contributed by atoms with Crippen LogP contribution in [0.25, 0.3) is 48.0 Å². The van der Waals surface area contributed by atoms with E-state index in [9.17, 15) is 0 Å². The van der Waals surface area contributed by atoms with Gasteiger partial charge in [0.15, 0.2) is 0 Å². The third-order valence-electron chi connectivity index (χ3n) is 5.63. The molecule has 0 radical (unpaired) electrons. The zero-order valence-corrected chi connectivity index (χ0v) is 19.9. The molecule has 158 valence electrons. The van der Waals surface area contributed by atoms with Crippen molar-refractivity contribution in [1.29, 1.82) is 10.5 Å². The Hall–Kier alpha value is -3.04. The molecule has 8 heteroatoms. The lowest BCUT2D eigenvalue weighted by atomic mass is 10.1. The lowest BCUT2D eigenvalue weighted by molar-refractivity contribution is 0.602. The van der Waals surface area contributed by atoms with Gasteiger partial charge in [-0.3, -0.25) is 0 Å². The molecule has 5 nitrogen and oxygen atoms in total. The van der Waals surface area contributed by atoms with E-state index in [1.807, 2.05) is 24.3 Å². The SMILES string of the molecule is CCCCCCn1c2ccsc2c2sc(-c3ccc(C=C(C#N)C#N)c4nsnc34)cc21. The van der Waals surface area contributed by atoms with Crippen molar-refractivity contribution in [3.63, 3.8) is 0 Å². The second-order valence-corrected chi connectivity index (χ2v) is 10.1. The topological polar surface area (TPSA) is 78.3 Å². The van der Waals surface area contributed by atoms with E-state index in [1.54, 1.807) is 28.7 Å². The van der Waals surface area contributed by atoms with Crippen molar-refractivity contribution in [3.05, 3.63) is 40.8 Å². The van der Waals surface area contributed by atoms with E-state index in [0.29, 0.717) is 0 Å². The number of unbranched alkanes of at least 4 members (excludes halogenated alkanes) is 3. The van der Waals surface area contributed by atoms with Gasteiger partial charge in [-0.1, -0.05) is 38.3 Å². The minimum absolute atomic E-state index is 0.0612. The van der Waals surface area contributed by atoms with Crippen LogP contribution < -0.4 is 0 Å². The molecule has 5 rings (SSSR count). The molecule has 1 aromatic carbocycles. The standard InChI is InChI=1S/C24H19N5S3/c1-2-3-4-5-9-29-18-8-10-30-23(18)24-19(29)12-20(31-24)17-7-6-16(11-15(13-25)14-26)21-22(17)28-32-27-21/h6-8,10-12H,2-5,9H2,1H3. The van der Waals surface area contributed by atoms with Crippen LogP contribution in [-0.2, 0) is 6.54 Å². The predicted octanol–water partition coefficient (Wildman–Crippen LogP) is 7.60. The first-order chi connectivity index (χ1) is 15.7. The first-order valence-corrected chi connectivity index (χ1v) is 12.9. The second-order valence-electron chi connectivity index (χ2n) is 7.62. The Bertz CT molecular complexity index is 1530. The molecule has 0 saturated carbocycles. The van der Waals surface area contributed by atoms with Crippen LogP contribution in [0.1, 0.15) is 38.2 Å². The molecule has 4 aromatic heterocycles. The smallest absolute Gasteiger partial charge is 0.130 e. The fourth-order valence-electron chi connectivity index (χ4n) is 4.08. The summed E-state index contributed by atoms with van der Waals surface area (Å²) in [7, 11) is 0. The van der Waals surface area contributed by atoms with E-state index >= 15 is 0 Å². The van der Waals surface area contributed by atoms with Gasteiger partial charge in [-0.15, -0.1) is 22.7 Å². The van der Waals surface area contributed by atoms with Crippen molar-refractivity contribution in [2.45, 2.75) is 39.2 Å². The first kappa shape index (κ1) is 20.8. The molecule has 5 aromatic rings. The van der Waals surface area contributed by atoms with E-state index in [4.69, 9.17) is 10.5 Å². The summed E-state index contributed by atoms with van der Waals surface area (Å²) in [6.45, 7) is 3.28. The number of hydrogen-bond acceptors (Lipinski definition) is 7. The van der Waals surface area contributed by atoms with Gasteiger partial charge in [0.25, 0.3) is 0 Å². The molecule has 0 spiro atoms. The van der Waals surface area contributed by atoms with Crippen molar-refractivity contribution >= 4 is 71.9 Å². The van der Waals surface area contributed by atoms with Crippen LogP contribution in [0.2, 0.25) is 0 Å². The maximum absolute atomic E-state index is 9.11. The normalized spacial score (nSPS) is 11.2. The number of aryl methyl sites for hydroxylation is 1. The van der Waals surface area contributed by atoms with E-state index in [2.05, 4.69) is 37.8 Å². The lowest BCUT2D eigenvalue weighted by Gasteiger charge is -2.05. The maximum atomic E-state index is 9.11. The number of nitriles is 2. The number of rotatable bonds is 7. The molecule has 0 bridgehead atoms. The van der Waals surface area contributed by atoms with Crippen molar-refractivity contribution < 1.29 is 0 Å². The molecule has 0 aliphatic carbocycles. The van der Waals surface area contributed by atoms with Gasteiger partial charge in [0, 0.05) is 22.5 Å². The lowest BCUT2D eigenvalue weighted by Crippen LogP contribution is -1.96. The summed E-state index contributed by atoms with van der Waals surface area (Å²) in [6.07, 6.45) is 6.55. The molecular weight excluding hydrogens is 455 g/mol. The molecule has 0 saturated heterocycles. The number of nitrogens with zero attached hydrogens (tertiary/aromatic N) is 5. The zero-order chi connectivity index (χ0) is 22.1. The van der Waals surface area contributed by atoms with Gasteiger partial charge < -0.3 is 4.57 Å². The second kappa shape index (κ2) is 8.84. The number of thiophene rings is 2. The molecule has 0 fully saturated rings. The van der Waals surface area contributed by atoms with Crippen LogP contribution in [0.5, 0.6) is 0 Å². The third kappa shape index (κ3) is 3.51. The van der Waals surface area contributed by atoms with Gasteiger partial charge in [-0.05, 0) is 30.0 Å². The number of benzene rings is 1. The van der Waals surface area contributed by atoms with Crippen molar-refractivity contribution in [3.8, 4) is 22.6 Å². The molecule has 0 aliphatic heterocycles. The number of fused-ring (bicyclic) bond motifs is 4. The Morgan fingerprint density at radius 3 is 2.69 bits per heavy atom. The zero-order valence-electron chi connectivity index (χ0n) is 17.5. The minimum Gasteiger partial charge on any atom is -0.339 e. The minimum atomic E-state index is 0.0612. The Morgan fingerprint density at radius 2 is 1.88 bits per heavy atom. The van der Waals surface area contributed by atoms with Crippen LogP contribution >= 0.6 is 34.4 Å². The van der Waals surface area contributed by atoms with Gasteiger partial charge in [0.2, 0.25) is 0 Å².